The quantitative estimate of drug-likeness (QED) is 0.238. The molecule has 0 aliphatic heterocycles. The number of carbonyl (C=O) groups is 3. The summed E-state index contributed by atoms with van der Waals surface area (Å²) in [7, 11) is 3.11. The summed E-state index contributed by atoms with van der Waals surface area (Å²) in [6.45, 7) is 3.15. The number of phenolic OH excluding ortho intramolecular Hbond substituents is 1. The van der Waals surface area contributed by atoms with E-state index >= 15 is 0 Å². The number of benzene rings is 1. The number of hydrogen-bond acceptors (Lipinski definition) is 9. The molecule has 0 spiro atoms. The van der Waals surface area contributed by atoms with Gasteiger partial charge in [0.15, 0.2) is 11.4 Å². The van der Waals surface area contributed by atoms with Gasteiger partial charge in [-0.3, -0.25) is 19.3 Å². The molecule has 1 aromatic carbocycles. The van der Waals surface area contributed by atoms with Crippen molar-refractivity contribution in [2.45, 2.75) is 44.4 Å². The van der Waals surface area contributed by atoms with Crippen LogP contribution in [-0.2, 0) is 27.3 Å². The van der Waals surface area contributed by atoms with E-state index in [2.05, 4.69) is 5.32 Å². The molecule has 36 heavy (non-hydrogen) atoms. The van der Waals surface area contributed by atoms with Gasteiger partial charge in [0, 0.05) is 23.1 Å². The number of amides is 1. The van der Waals surface area contributed by atoms with Crippen LogP contribution in [0.1, 0.15) is 36.5 Å². The lowest BCUT2D eigenvalue weighted by Crippen LogP contribution is -2.65. The molecule has 4 rings (SSSR count). The third-order valence-electron chi connectivity index (χ3n) is 7.47. The van der Waals surface area contributed by atoms with Gasteiger partial charge in [0.1, 0.15) is 22.8 Å². The van der Waals surface area contributed by atoms with Crippen LogP contribution in [0.2, 0.25) is 5.02 Å². The molecule has 0 aromatic heterocycles. The number of rotatable bonds is 6. The number of halogens is 1. The number of aromatic hydroxyl groups is 1. The molecular formula is C25H30ClN3O7. The number of primary amides is 1. The first-order valence-electron chi connectivity index (χ1n) is 11.8. The highest BCUT2D eigenvalue weighted by molar-refractivity contribution is 6.32. The Hall–Kier alpha value is -2.92. The van der Waals surface area contributed by atoms with Crippen LogP contribution in [0.3, 0.4) is 0 Å². The van der Waals surface area contributed by atoms with E-state index in [4.69, 9.17) is 17.3 Å². The van der Waals surface area contributed by atoms with Crippen LogP contribution in [0.5, 0.6) is 5.75 Å². The van der Waals surface area contributed by atoms with Crippen molar-refractivity contribution in [1.82, 2.24) is 10.2 Å². The zero-order valence-corrected chi connectivity index (χ0v) is 21.0. The van der Waals surface area contributed by atoms with Crippen LogP contribution in [0, 0.1) is 11.8 Å². The van der Waals surface area contributed by atoms with Crippen LogP contribution in [0.15, 0.2) is 23.0 Å². The van der Waals surface area contributed by atoms with Crippen LogP contribution < -0.4 is 11.1 Å². The first-order chi connectivity index (χ1) is 16.9. The zero-order chi connectivity index (χ0) is 26.7. The Bertz CT molecular complexity index is 1240. The minimum Gasteiger partial charge on any atom is -0.508 e. The lowest BCUT2D eigenvalue weighted by atomic mass is 9.57. The van der Waals surface area contributed by atoms with E-state index in [1.807, 2.05) is 6.92 Å². The highest BCUT2D eigenvalue weighted by atomic mass is 35.5. The Morgan fingerprint density at radius 1 is 1.28 bits per heavy atom. The smallest absolute Gasteiger partial charge is 0.255 e. The maximum Gasteiger partial charge on any atom is 0.255 e. The molecule has 1 saturated carbocycles. The monoisotopic (exact) mass is 519 g/mol. The Morgan fingerprint density at radius 2 is 1.94 bits per heavy atom. The second-order valence-electron chi connectivity index (χ2n) is 9.86. The fourth-order valence-corrected chi connectivity index (χ4v) is 6.17. The molecule has 194 valence electrons. The molecule has 0 saturated heterocycles. The van der Waals surface area contributed by atoms with Crippen molar-refractivity contribution in [1.29, 1.82) is 0 Å². The number of aliphatic hydroxyl groups excluding tert-OH is 2. The molecule has 0 unspecified atom stereocenters. The molecule has 0 heterocycles. The van der Waals surface area contributed by atoms with Gasteiger partial charge < -0.3 is 31.5 Å². The number of hydrogen-bond donors (Lipinski definition) is 6. The van der Waals surface area contributed by atoms with Crippen molar-refractivity contribution < 1.29 is 34.8 Å². The van der Waals surface area contributed by atoms with Gasteiger partial charge in [0.2, 0.25) is 5.78 Å². The summed E-state index contributed by atoms with van der Waals surface area (Å²) in [4.78, 5) is 40.3. The Labute approximate surface area is 213 Å². The number of nitrogens with zero attached hydrogens (tertiary/aromatic N) is 1. The van der Waals surface area contributed by atoms with E-state index < -0.39 is 58.0 Å². The van der Waals surface area contributed by atoms with Crippen molar-refractivity contribution in [2.24, 2.45) is 17.6 Å². The van der Waals surface area contributed by atoms with E-state index in [9.17, 15) is 34.8 Å². The summed E-state index contributed by atoms with van der Waals surface area (Å²) in [6.07, 6.45) is 1.07. The van der Waals surface area contributed by atoms with E-state index in [0.717, 1.165) is 13.0 Å². The predicted octanol–water partition coefficient (Wildman–Crippen LogP) is 1.12. The Balaban J connectivity index is 1.90. The normalized spacial score (nSPS) is 27.8. The van der Waals surface area contributed by atoms with Crippen LogP contribution in [0.4, 0.5) is 0 Å². The van der Waals surface area contributed by atoms with E-state index in [0.29, 0.717) is 22.7 Å². The number of fused-ring (bicyclic) bond motifs is 3. The maximum absolute atomic E-state index is 13.8. The molecule has 3 aliphatic rings. The molecule has 7 N–H and O–H groups in total. The second kappa shape index (κ2) is 9.19. The second-order valence-corrected chi connectivity index (χ2v) is 10.2. The predicted molar refractivity (Wildman–Crippen MR) is 131 cm³/mol. The lowest BCUT2D eigenvalue weighted by molar-refractivity contribution is -0.153. The number of nitrogens with two attached hydrogens (primary N) is 1. The maximum atomic E-state index is 13.8. The molecule has 3 aliphatic carbocycles. The van der Waals surface area contributed by atoms with Gasteiger partial charge >= 0.3 is 0 Å². The SMILES string of the molecule is CCCNCc1cc(O)c2c(c1Cl)C[C@H]1C[C@H]3[C@H](N(C)C)C(=O)C(C(N)=O)=C(O)[C@@]3(O)C(=O)C1=C2O. The molecule has 11 heteroatoms. The molecule has 4 atom stereocenters. The summed E-state index contributed by atoms with van der Waals surface area (Å²) >= 11 is 6.67. The Morgan fingerprint density at radius 3 is 2.53 bits per heavy atom. The fourth-order valence-electron chi connectivity index (χ4n) is 5.88. The molecule has 1 fully saturated rings. The highest BCUT2D eigenvalue weighted by Gasteiger charge is 2.64. The molecule has 1 aromatic rings. The molecule has 0 radical (unpaired) electrons. The summed E-state index contributed by atoms with van der Waals surface area (Å²) in [5.41, 5.74) is 2.68. The minimum absolute atomic E-state index is 0.0150. The van der Waals surface area contributed by atoms with Crippen LogP contribution >= 0.6 is 11.6 Å². The first-order valence-corrected chi connectivity index (χ1v) is 12.1. The van der Waals surface area contributed by atoms with Crippen LogP contribution in [-0.4, -0.2) is 75.1 Å². The largest absolute Gasteiger partial charge is 0.508 e. The number of likely N-dealkylation sites (N-methyl/N-ethyl adjacent to an activating group) is 1. The highest BCUT2D eigenvalue weighted by Crippen LogP contribution is 2.53. The van der Waals surface area contributed by atoms with Gasteiger partial charge in [0.25, 0.3) is 5.91 Å². The van der Waals surface area contributed by atoms with Gasteiger partial charge in [-0.2, -0.15) is 0 Å². The van der Waals surface area contributed by atoms with E-state index in [1.165, 1.54) is 11.0 Å². The van der Waals surface area contributed by atoms with E-state index in [-0.39, 0.29) is 29.7 Å². The third kappa shape index (κ3) is 3.62. The molecule has 0 bridgehead atoms. The van der Waals surface area contributed by atoms with Crippen molar-refractivity contribution in [3.63, 3.8) is 0 Å². The molecular weight excluding hydrogens is 490 g/mol. The summed E-state index contributed by atoms with van der Waals surface area (Å²) < 4.78 is 0. The zero-order valence-electron chi connectivity index (χ0n) is 20.3. The fraction of sp³-hybridized carbons (Fsp3) is 0.480. The van der Waals surface area contributed by atoms with Crippen molar-refractivity contribution >= 4 is 34.8 Å². The third-order valence-corrected chi connectivity index (χ3v) is 7.94. The summed E-state index contributed by atoms with van der Waals surface area (Å²) in [5, 5.41) is 47.9. The number of ketones is 2. The number of Topliss-reactive ketones (excluding diaryl/α,β-unsaturated/α-hetero) is 2. The minimum atomic E-state index is -2.66. The van der Waals surface area contributed by atoms with Crippen LogP contribution in [0.25, 0.3) is 5.76 Å². The first kappa shape index (κ1) is 26.2. The standard InChI is InChI=1S/C25H30ClN3O7/c1-4-5-28-9-11-8-14(30)16-12(18(11)26)6-10-7-13-19(29(2)3)21(32)17(24(27)35)23(34)25(13,36)22(33)15(10)20(16)31/h8,10,13,19,28,30-31,34,36H,4-7,9H2,1-3H3,(H2,27,35)/t10-,13-,19-,25-/m0/s1. The number of carbonyl (C=O) groups excluding carboxylic acids is 3. The average molecular weight is 520 g/mol. The average Bonchev–Trinajstić information content (AvgIpc) is 2.79. The van der Waals surface area contributed by atoms with E-state index in [1.54, 1.807) is 14.1 Å². The number of phenols is 1. The number of aliphatic hydroxyl groups is 3. The molecule has 1 amide bonds. The van der Waals surface area contributed by atoms with Gasteiger partial charge in [-0.05, 0) is 63.0 Å². The summed E-state index contributed by atoms with van der Waals surface area (Å²) in [6, 6.07) is 0.284. The van der Waals surface area contributed by atoms with Crippen molar-refractivity contribution in [3.8, 4) is 5.75 Å². The van der Waals surface area contributed by atoms with Crippen molar-refractivity contribution in [2.75, 3.05) is 20.6 Å². The molecule has 10 nitrogen and oxygen atoms in total. The topological polar surface area (TPSA) is 173 Å². The lowest BCUT2D eigenvalue weighted by Gasteiger charge is -2.50. The number of nitrogens with one attached hydrogen (secondary N) is 1. The Kier molecular flexibility index (Phi) is 6.67. The summed E-state index contributed by atoms with van der Waals surface area (Å²) in [5.74, 6) is -6.85. The van der Waals surface area contributed by atoms with Crippen molar-refractivity contribution in [3.05, 3.63) is 44.7 Å². The van der Waals surface area contributed by atoms with Gasteiger partial charge in [0.05, 0.1) is 11.6 Å². The van der Waals surface area contributed by atoms with Gasteiger partial charge in [-0.15, -0.1) is 0 Å². The van der Waals surface area contributed by atoms with Gasteiger partial charge in [-0.1, -0.05) is 18.5 Å². The van der Waals surface area contributed by atoms with Gasteiger partial charge in [-0.25, -0.2) is 0 Å².